The molecule has 23 heavy (non-hydrogen) atoms. The highest BCUT2D eigenvalue weighted by atomic mass is 32.1. The Morgan fingerprint density at radius 3 is 2.52 bits per heavy atom. The molecule has 0 radical (unpaired) electrons. The normalized spacial score (nSPS) is 11.5. The third-order valence-corrected chi connectivity index (χ3v) is 5.53. The predicted octanol–water partition coefficient (Wildman–Crippen LogP) is 3.23. The summed E-state index contributed by atoms with van der Waals surface area (Å²) in [6.45, 7) is 8.94. The Bertz CT molecular complexity index is 665. The van der Waals surface area contributed by atoms with E-state index in [1.807, 2.05) is 32.0 Å². The fraction of sp³-hybridized carbons (Fsp3) is 0.444. The summed E-state index contributed by atoms with van der Waals surface area (Å²) in [5.41, 5.74) is 1.69. The van der Waals surface area contributed by atoms with E-state index >= 15 is 0 Å². The number of amides is 1. The van der Waals surface area contributed by atoms with Gasteiger partial charge in [-0.15, -0.1) is 11.3 Å². The molecule has 0 aliphatic heterocycles. The Morgan fingerprint density at radius 1 is 1.30 bits per heavy atom. The Hall–Kier alpha value is -1.72. The molecule has 0 spiro atoms. The number of carbonyl (C=O) groups excluding carboxylic acids is 1. The highest BCUT2D eigenvalue weighted by Crippen LogP contribution is 2.35. The Kier molecular flexibility index (Phi) is 5.55. The molecule has 1 aromatic carbocycles. The number of aliphatic hydroxyl groups excluding tert-OH is 1. The lowest BCUT2D eigenvalue weighted by Gasteiger charge is -2.22. The molecule has 124 valence electrons. The molecule has 2 aromatic rings. The van der Waals surface area contributed by atoms with Gasteiger partial charge in [-0.05, 0) is 33.3 Å². The summed E-state index contributed by atoms with van der Waals surface area (Å²) >= 11 is 1.45. The van der Waals surface area contributed by atoms with E-state index in [0.717, 1.165) is 10.7 Å². The van der Waals surface area contributed by atoms with Crippen molar-refractivity contribution in [3.05, 3.63) is 51.5 Å². The number of likely N-dealkylation sites (N-methyl/N-ethyl adjacent to an activating group) is 1. The third-order valence-electron chi connectivity index (χ3n) is 4.06. The smallest absolute Gasteiger partial charge is 0.265 e. The lowest BCUT2D eigenvalue weighted by atomic mass is 9.85. The van der Waals surface area contributed by atoms with E-state index in [-0.39, 0.29) is 17.9 Å². The van der Waals surface area contributed by atoms with Crippen molar-refractivity contribution < 1.29 is 9.90 Å². The summed E-state index contributed by atoms with van der Waals surface area (Å²) in [5, 5.41) is 10.0. The zero-order chi connectivity index (χ0) is 17.0. The van der Waals surface area contributed by atoms with Crippen LogP contribution < -0.4 is 0 Å². The third kappa shape index (κ3) is 3.62. The van der Waals surface area contributed by atoms with Crippen LogP contribution in [-0.2, 0) is 5.41 Å². The number of carbonyl (C=O) groups is 1. The first kappa shape index (κ1) is 17.6. The number of benzene rings is 1. The van der Waals surface area contributed by atoms with Gasteiger partial charge in [0.15, 0.2) is 0 Å². The molecule has 1 N–H and O–H groups in total. The number of aryl methyl sites for hydroxylation is 1. The molecule has 0 aliphatic rings. The van der Waals surface area contributed by atoms with Crippen LogP contribution in [0.2, 0.25) is 0 Å². The molecular weight excluding hydrogens is 308 g/mol. The highest BCUT2D eigenvalue weighted by molar-refractivity contribution is 7.14. The van der Waals surface area contributed by atoms with Crippen LogP contribution in [0, 0.1) is 6.92 Å². The topological polar surface area (TPSA) is 53.4 Å². The van der Waals surface area contributed by atoms with Crippen LogP contribution in [0.4, 0.5) is 0 Å². The van der Waals surface area contributed by atoms with Crippen molar-refractivity contribution in [3.8, 4) is 0 Å². The quantitative estimate of drug-likeness (QED) is 0.883. The second-order valence-electron chi connectivity index (χ2n) is 6.03. The minimum atomic E-state index is -0.247. The van der Waals surface area contributed by atoms with E-state index in [4.69, 9.17) is 5.11 Å². The summed E-state index contributed by atoms with van der Waals surface area (Å²) in [7, 11) is 0. The van der Waals surface area contributed by atoms with Crippen molar-refractivity contribution >= 4 is 17.2 Å². The average Bonchev–Trinajstić information content (AvgIpc) is 2.95. The van der Waals surface area contributed by atoms with Gasteiger partial charge in [-0.1, -0.05) is 30.3 Å². The van der Waals surface area contributed by atoms with Crippen molar-refractivity contribution in [2.75, 3.05) is 19.7 Å². The molecule has 1 amide bonds. The molecule has 1 heterocycles. The summed E-state index contributed by atoms with van der Waals surface area (Å²) in [6, 6.07) is 10.2. The number of nitrogens with zero attached hydrogens (tertiary/aromatic N) is 2. The van der Waals surface area contributed by atoms with Gasteiger partial charge in [0.1, 0.15) is 9.88 Å². The molecular formula is C18H24N2O2S. The highest BCUT2D eigenvalue weighted by Gasteiger charge is 2.30. The van der Waals surface area contributed by atoms with Gasteiger partial charge in [0.2, 0.25) is 0 Å². The minimum Gasteiger partial charge on any atom is -0.395 e. The number of thiazole rings is 1. The monoisotopic (exact) mass is 332 g/mol. The zero-order valence-corrected chi connectivity index (χ0v) is 15.0. The standard InChI is InChI=1S/C18H24N2O2S/c1-5-20(11-12-21)16(22)15-13(2)19-17(23-15)18(3,4)14-9-7-6-8-10-14/h6-10,21H,5,11-12H2,1-4H3. The molecule has 0 saturated carbocycles. The van der Waals surface area contributed by atoms with Crippen LogP contribution in [-0.4, -0.2) is 40.6 Å². The SMILES string of the molecule is CCN(CCO)C(=O)c1sc(C(C)(C)c2ccccc2)nc1C. The van der Waals surface area contributed by atoms with Gasteiger partial charge in [-0.3, -0.25) is 4.79 Å². The molecule has 0 saturated heterocycles. The molecule has 0 aliphatic carbocycles. The predicted molar refractivity (Wildman–Crippen MR) is 94.1 cm³/mol. The van der Waals surface area contributed by atoms with Gasteiger partial charge in [0.05, 0.1) is 12.3 Å². The van der Waals surface area contributed by atoms with Gasteiger partial charge in [-0.2, -0.15) is 0 Å². The fourth-order valence-electron chi connectivity index (χ4n) is 2.51. The van der Waals surface area contributed by atoms with E-state index in [1.54, 1.807) is 4.90 Å². The number of rotatable bonds is 6. The second-order valence-corrected chi connectivity index (χ2v) is 7.03. The van der Waals surface area contributed by atoms with E-state index in [9.17, 15) is 4.79 Å². The van der Waals surface area contributed by atoms with E-state index in [2.05, 4.69) is 31.0 Å². The van der Waals surface area contributed by atoms with Crippen LogP contribution >= 0.6 is 11.3 Å². The molecule has 4 nitrogen and oxygen atoms in total. The van der Waals surface area contributed by atoms with Crippen LogP contribution in [0.3, 0.4) is 0 Å². The molecule has 0 unspecified atom stereocenters. The van der Waals surface area contributed by atoms with Crippen molar-refractivity contribution in [3.63, 3.8) is 0 Å². The number of hydrogen-bond donors (Lipinski definition) is 1. The number of aromatic nitrogens is 1. The summed E-state index contributed by atoms with van der Waals surface area (Å²) in [6.07, 6.45) is 0. The minimum absolute atomic E-state index is 0.0280. The van der Waals surface area contributed by atoms with Gasteiger partial charge in [0, 0.05) is 18.5 Å². The van der Waals surface area contributed by atoms with Gasteiger partial charge >= 0.3 is 0 Å². The van der Waals surface area contributed by atoms with Crippen molar-refractivity contribution in [1.82, 2.24) is 9.88 Å². The van der Waals surface area contributed by atoms with Crippen molar-refractivity contribution in [2.24, 2.45) is 0 Å². The molecule has 1 aromatic heterocycles. The molecule has 0 atom stereocenters. The van der Waals surface area contributed by atoms with Crippen molar-refractivity contribution in [1.29, 1.82) is 0 Å². The van der Waals surface area contributed by atoms with Gasteiger partial charge in [-0.25, -0.2) is 4.98 Å². The van der Waals surface area contributed by atoms with E-state index in [0.29, 0.717) is 18.0 Å². The van der Waals surface area contributed by atoms with Gasteiger partial charge in [0.25, 0.3) is 5.91 Å². The maximum atomic E-state index is 12.6. The number of hydrogen-bond acceptors (Lipinski definition) is 4. The van der Waals surface area contributed by atoms with Crippen LogP contribution in [0.25, 0.3) is 0 Å². The zero-order valence-electron chi connectivity index (χ0n) is 14.2. The first-order valence-corrected chi connectivity index (χ1v) is 8.67. The molecule has 2 rings (SSSR count). The fourth-order valence-corrected chi connectivity index (χ4v) is 3.67. The van der Waals surface area contributed by atoms with E-state index < -0.39 is 0 Å². The van der Waals surface area contributed by atoms with Crippen LogP contribution in [0.5, 0.6) is 0 Å². The Labute approximate surface area is 141 Å². The number of aliphatic hydroxyl groups is 1. The molecule has 5 heteroatoms. The first-order valence-electron chi connectivity index (χ1n) is 7.85. The lowest BCUT2D eigenvalue weighted by Crippen LogP contribution is -2.33. The largest absolute Gasteiger partial charge is 0.395 e. The Morgan fingerprint density at radius 2 is 1.96 bits per heavy atom. The molecule has 0 bridgehead atoms. The average molecular weight is 332 g/mol. The lowest BCUT2D eigenvalue weighted by molar-refractivity contribution is 0.0736. The summed E-state index contributed by atoms with van der Waals surface area (Å²) < 4.78 is 0. The first-order chi connectivity index (χ1) is 10.9. The second kappa shape index (κ2) is 7.23. The Balaban J connectivity index is 2.36. The summed E-state index contributed by atoms with van der Waals surface area (Å²) in [5.74, 6) is -0.0494. The van der Waals surface area contributed by atoms with Crippen LogP contribution in [0.15, 0.2) is 30.3 Å². The van der Waals surface area contributed by atoms with Crippen LogP contribution in [0.1, 0.15) is 46.7 Å². The maximum Gasteiger partial charge on any atom is 0.265 e. The molecule has 0 fully saturated rings. The van der Waals surface area contributed by atoms with E-state index in [1.165, 1.54) is 16.9 Å². The summed E-state index contributed by atoms with van der Waals surface area (Å²) in [4.78, 5) is 19.6. The van der Waals surface area contributed by atoms with Crippen molar-refractivity contribution in [2.45, 2.75) is 33.1 Å². The van der Waals surface area contributed by atoms with Gasteiger partial charge < -0.3 is 10.0 Å². The maximum absolute atomic E-state index is 12.6.